The quantitative estimate of drug-likeness (QED) is 0.521. The number of hydrogen-bond acceptors (Lipinski definition) is 5. The number of nitro benzene ring substituents is 1. The van der Waals surface area contributed by atoms with Gasteiger partial charge < -0.3 is 4.57 Å². The highest BCUT2D eigenvalue weighted by molar-refractivity contribution is 7.99. The van der Waals surface area contributed by atoms with Crippen LogP contribution in [0.25, 0.3) is 0 Å². The van der Waals surface area contributed by atoms with Gasteiger partial charge in [-0.3, -0.25) is 10.1 Å². The van der Waals surface area contributed by atoms with Crippen LogP contribution in [0.15, 0.2) is 71.0 Å². The molecule has 0 saturated carbocycles. The molecule has 0 unspecified atom stereocenters. The van der Waals surface area contributed by atoms with Crippen molar-refractivity contribution >= 4 is 17.4 Å². The fraction of sp³-hybridized carbons (Fsp3) is 0.0588. The second-order valence-electron chi connectivity index (χ2n) is 4.98. The Morgan fingerprint density at radius 1 is 1.25 bits per heavy atom. The largest absolute Gasteiger partial charge is 0.321 e. The van der Waals surface area contributed by atoms with Crippen LogP contribution in [0.5, 0.6) is 0 Å². The molecule has 0 atom stereocenters. The maximum atomic E-state index is 11.2. The van der Waals surface area contributed by atoms with E-state index in [0.717, 1.165) is 5.56 Å². The number of benzene rings is 2. The number of imidazole rings is 1. The summed E-state index contributed by atoms with van der Waals surface area (Å²) in [5, 5.41) is 20.8. The molecule has 24 heavy (non-hydrogen) atoms. The minimum absolute atomic E-state index is 0.0895. The maximum Gasteiger partial charge on any atom is 0.284 e. The summed E-state index contributed by atoms with van der Waals surface area (Å²) in [4.78, 5) is 15.5. The topological polar surface area (TPSA) is 84.8 Å². The van der Waals surface area contributed by atoms with Gasteiger partial charge in [0.15, 0.2) is 5.16 Å². The molecule has 0 radical (unpaired) electrons. The Morgan fingerprint density at radius 2 is 2.04 bits per heavy atom. The van der Waals surface area contributed by atoms with Gasteiger partial charge in [-0.05, 0) is 29.5 Å². The lowest BCUT2D eigenvalue weighted by atomic mass is 10.2. The summed E-state index contributed by atoms with van der Waals surface area (Å²) in [6, 6.07) is 16.3. The van der Waals surface area contributed by atoms with Gasteiger partial charge in [-0.2, -0.15) is 5.26 Å². The Bertz CT molecular complexity index is 916. The second kappa shape index (κ2) is 6.98. The first-order chi connectivity index (χ1) is 11.7. The van der Waals surface area contributed by atoms with E-state index < -0.39 is 4.92 Å². The van der Waals surface area contributed by atoms with Crippen molar-refractivity contribution in [3.05, 3.63) is 82.2 Å². The van der Waals surface area contributed by atoms with E-state index in [1.165, 1.54) is 17.8 Å². The Balaban J connectivity index is 1.89. The Hall–Kier alpha value is -3.11. The van der Waals surface area contributed by atoms with Crippen LogP contribution in [-0.4, -0.2) is 14.5 Å². The Morgan fingerprint density at radius 3 is 2.75 bits per heavy atom. The molecular formula is C17H12N4O2S. The van der Waals surface area contributed by atoms with Gasteiger partial charge in [-0.25, -0.2) is 4.98 Å². The molecule has 0 bridgehead atoms. The van der Waals surface area contributed by atoms with Gasteiger partial charge in [0.2, 0.25) is 0 Å². The Kier molecular flexibility index (Phi) is 4.59. The highest BCUT2D eigenvalue weighted by Crippen LogP contribution is 2.34. The van der Waals surface area contributed by atoms with E-state index in [1.807, 2.05) is 47.2 Å². The van der Waals surface area contributed by atoms with E-state index in [0.29, 0.717) is 16.6 Å². The van der Waals surface area contributed by atoms with Crippen LogP contribution in [0.2, 0.25) is 0 Å². The lowest BCUT2D eigenvalue weighted by Gasteiger charge is -2.08. The van der Waals surface area contributed by atoms with Crippen molar-refractivity contribution in [1.29, 1.82) is 5.26 Å². The molecular weight excluding hydrogens is 324 g/mol. The van der Waals surface area contributed by atoms with Gasteiger partial charge in [0.1, 0.15) is 0 Å². The van der Waals surface area contributed by atoms with Crippen LogP contribution >= 0.6 is 11.8 Å². The number of nitriles is 1. The van der Waals surface area contributed by atoms with Crippen molar-refractivity contribution in [2.75, 3.05) is 0 Å². The van der Waals surface area contributed by atoms with E-state index in [1.54, 1.807) is 18.3 Å². The monoisotopic (exact) mass is 336 g/mol. The lowest BCUT2D eigenvalue weighted by Crippen LogP contribution is -2.00. The van der Waals surface area contributed by atoms with E-state index in [9.17, 15) is 10.1 Å². The zero-order valence-corrected chi connectivity index (χ0v) is 13.3. The van der Waals surface area contributed by atoms with Crippen molar-refractivity contribution in [3.8, 4) is 6.07 Å². The van der Waals surface area contributed by atoms with E-state index in [-0.39, 0.29) is 11.3 Å². The maximum absolute atomic E-state index is 11.2. The molecule has 0 saturated heterocycles. The zero-order chi connectivity index (χ0) is 16.9. The van der Waals surface area contributed by atoms with E-state index in [2.05, 4.69) is 4.98 Å². The van der Waals surface area contributed by atoms with Gasteiger partial charge in [0, 0.05) is 25.0 Å². The summed E-state index contributed by atoms with van der Waals surface area (Å²) >= 11 is 1.22. The molecule has 2 aromatic carbocycles. The van der Waals surface area contributed by atoms with Crippen LogP contribution < -0.4 is 0 Å². The average molecular weight is 336 g/mol. The highest BCUT2D eigenvalue weighted by atomic mass is 32.2. The first-order valence-electron chi connectivity index (χ1n) is 7.09. The SMILES string of the molecule is N#Cc1ccc(Sc2nccn2Cc2ccccc2)c([N+](=O)[O-])c1. The van der Waals surface area contributed by atoms with Crippen LogP contribution in [0.1, 0.15) is 11.1 Å². The molecule has 0 N–H and O–H groups in total. The van der Waals surface area contributed by atoms with Gasteiger partial charge in [0.25, 0.3) is 5.69 Å². The van der Waals surface area contributed by atoms with Crippen molar-refractivity contribution in [1.82, 2.24) is 9.55 Å². The van der Waals surface area contributed by atoms with Gasteiger partial charge in [0.05, 0.1) is 21.5 Å². The second-order valence-corrected chi connectivity index (χ2v) is 5.99. The average Bonchev–Trinajstić information content (AvgIpc) is 3.03. The zero-order valence-electron chi connectivity index (χ0n) is 12.5. The summed E-state index contributed by atoms with van der Waals surface area (Å²) in [6.07, 6.45) is 3.51. The highest BCUT2D eigenvalue weighted by Gasteiger charge is 2.18. The molecule has 6 nitrogen and oxygen atoms in total. The standard InChI is InChI=1S/C17H12N4O2S/c18-11-14-6-7-16(15(10-14)21(22)23)24-17-19-8-9-20(17)12-13-4-2-1-3-5-13/h1-10H,12H2. The fourth-order valence-electron chi connectivity index (χ4n) is 2.22. The summed E-state index contributed by atoms with van der Waals surface area (Å²) in [6.45, 7) is 0.632. The molecule has 1 heterocycles. The van der Waals surface area contributed by atoms with Crippen molar-refractivity contribution < 1.29 is 4.92 Å². The van der Waals surface area contributed by atoms with Crippen molar-refractivity contribution in [2.24, 2.45) is 0 Å². The summed E-state index contributed by atoms with van der Waals surface area (Å²) in [5.74, 6) is 0. The van der Waals surface area contributed by atoms with E-state index >= 15 is 0 Å². The molecule has 0 amide bonds. The predicted molar refractivity (Wildman–Crippen MR) is 89.7 cm³/mol. The van der Waals surface area contributed by atoms with Gasteiger partial charge in [-0.15, -0.1) is 0 Å². The fourth-order valence-corrected chi connectivity index (χ4v) is 3.14. The minimum atomic E-state index is -0.479. The molecule has 1 aromatic heterocycles. The summed E-state index contributed by atoms with van der Waals surface area (Å²) in [7, 11) is 0. The van der Waals surface area contributed by atoms with Crippen LogP contribution in [0.3, 0.4) is 0 Å². The summed E-state index contributed by atoms with van der Waals surface area (Å²) in [5.41, 5.74) is 1.29. The number of hydrogen-bond donors (Lipinski definition) is 0. The normalized spacial score (nSPS) is 10.3. The third-order valence-corrected chi connectivity index (χ3v) is 4.45. The predicted octanol–water partition coefficient (Wildman–Crippen LogP) is 3.86. The summed E-state index contributed by atoms with van der Waals surface area (Å²) < 4.78 is 1.93. The smallest absolute Gasteiger partial charge is 0.284 e. The van der Waals surface area contributed by atoms with Crippen LogP contribution in [-0.2, 0) is 6.54 Å². The van der Waals surface area contributed by atoms with Crippen LogP contribution in [0.4, 0.5) is 5.69 Å². The first kappa shape index (κ1) is 15.8. The van der Waals surface area contributed by atoms with Gasteiger partial charge in [-0.1, -0.05) is 30.3 Å². The van der Waals surface area contributed by atoms with Crippen molar-refractivity contribution in [3.63, 3.8) is 0 Å². The molecule has 0 aliphatic carbocycles. The van der Waals surface area contributed by atoms with E-state index in [4.69, 9.17) is 5.26 Å². The van der Waals surface area contributed by atoms with Gasteiger partial charge >= 0.3 is 0 Å². The first-order valence-corrected chi connectivity index (χ1v) is 7.90. The molecule has 3 aromatic rings. The molecule has 0 aliphatic heterocycles. The molecule has 0 fully saturated rings. The molecule has 0 spiro atoms. The number of aromatic nitrogens is 2. The van der Waals surface area contributed by atoms with Crippen molar-refractivity contribution in [2.45, 2.75) is 16.6 Å². The number of nitro groups is 1. The number of rotatable bonds is 5. The lowest BCUT2D eigenvalue weighted by molar-refractivity contribution is -0.387. The van der Waals surface area contributed by atoms with Crippen LogP contribution in [0, 0.1) is 21.4 Å². The molecule has 0 aliphatic rings. The molecule has 3 rings (SSSR count). The third-order valence-electron chi connectivity index (χ3n) is 3.36. The third kappa shape index (κ3) is 3.45. The minimum Gasteiger partial charge on any atom is -0.321 e. The molecule has 118 valence electrons. The number of nitrogens with zero attached hydrogens (tertiary/aromatic N) is 4. The molecule has 7 heteroatoms. The Labute approximate surface area is 142 Å².